The topological polar surface area (TPSA) is 78.9 Å². The summed E-state index contributed by atoms with van der Waals surface area (Å²) in [6, 6.07) is 0. The average Bonchev–Trinajstić information content (AvgIpc) is 2.99. The average molecular weight is 280 g/mol. The first-order valence-corrected chi connectivity index (χ1v) is 6.67. The molecule has 2 bridgehead atoms. The van der Waals surface area contributed by atoms with Crippen molar-refractivity contribution in [2.45, 2.75) is 37.4 Å². The van der Waals surface area contributed by atoms with Gasteiger partial charge >= 0.3 is 11.9 Å². The van der Waals surface area contributed by atoms with Crippen LogP contribution in [0.15, 0.2) is 11.1 Å². The van der Waals surface area contributed by atoms with Gasteiger partial charge in [-0.05, 0) is 25.2 Å². The third-order valence-corrected chi connectivity index (χ3v) is 4.58. The third kappa shape index (κ3) is 1.51. The Balaban J connectivity index is 2.20. The van der Waals surface area contributed by atoms with Gasteiger partial charge in [0.2, 0.25) is 0 Å². The minimum Gasteiger partial charge on any atom is -0.466 e. The molecule has 3 unspecified atom stereocenters. The molecule has 0 N–H and O–H groups in total. The molecule has 20 heavy (non-hydrogen) atoms. The Morgan fingerprint density at radius 1 is 1.25 bits per heavy atom. The predicted molar refractivity (Wildman–Crippen MR) is 65.6 cm³/mol. The Labute approximate surface area is 116 Å². The Hall–Kier alpha value is -1.69. The predicted octanol–water partition coefficient (Wildman–Crippen LogP) is 0.539. The normalized spacial score (nSPS) is 35.0. The lowest BCUT2D eigenvalue weighted by molar-refractivity contribution is -0.156. The lowest BCUT2D eigenvalue weighted by atomic mass is 9.81. The quantitative estimate of drug-likeness (QED) is 0.687. The first kappa shape index (κ1) is 13.3. The zero-order chi connectivity index (χ0) is 14.5. The molecule has 0 radical (unpaired) electrons. The first-order chi connectivity index (χ1) is 9.55. The zero-order valence-corrected chi connectivity index (χ0v) is 11.4. The Kier molecular flexibility index (Phi) is 2.93. The summed E-state index contributed by atoms with van der Waals surface area (Å²) in [5.41, 5.74) is -0.603. The van der Waals surface area contributed by atoms with Crippen molar-refractivity contribution in [3.05, 3.63) is 11.1 Å². The summed E-state index contributed by atoms with van der Waals surface area (Å²) in [7, 11) is 2.48. The maximum Gasteiger partial charge on any atom is 0.337 e. The standard InChI is InChI=1S/C14H16O6/c1-18-12(16)9-10(13(17)19-2)14-5-3-4-7(14)6-8(15)11(9)20-14/h7,11H,3-6H2,1-2H3. The number of Topliss-reactive ketones (excluding diaryl/α,β-unsaturated/α-hetero) is 1. The van der Waals surface area contributed by atoms with Gasteiger partial charge in [-0.3, -0.25) is 4.79 Å². The number of ether oxygens (including phenoxy) is 3. The van der Waals surface area contributed by atoms with Gasteiger partial charge in [0.05, 0.1) is 25.4 Å². The van der Waals surface area contributed by atoms with Crippen molar-refractivity contribution in [3.63, 3.8) is 0 Å². The van der Waals surface area contributed by atoms with E-state index in [4.69, 9.17) is 14.2 Å². The highest BCUT2D eigenvalue weighted by Gasteiger charge is 2.63. The van der Waals surface area contributed by atoms with Crippen LogP contribution >= 0.6 is 0 Å². The van der Waals surface area contributed by atoms with Gasteiger partial charge in [0, 0.05) is 6.42 Å². The van der Waals surface area contributed by atoms with E-state index < -0.39 is 23.6 Å². The molecule has 0 amide bonds. The van der Waals surface area contributed by atoms with Crippen molar-refractivity contribution in [3.8, 4) is 0 Å². The zero-order valence-electron chi connectivity index (χ0n) is 11.4. The number of esters is 2. The monoisotopic (exact) mass is 280 g/mol. The molecule has 2 fully saturated rings. The molecule has 1 saturated heterocycles. The Bertz CT molecular complexity index is 534. The van der Waals surface area contributed by atoms with Crippen molar-refractivity contribution in [1.82, 2.24) is 0 Å². The van der Waals surface area contributed by atoms with Crippen LogP contribution in [0.2, 0.25) is 0 Å². The Morgan fingerprint density at radius 2 is 1.95 bits per heavy atom. The number of carbonyl (C=O) groups is 3. The minimum atomic E-state index is -0.981. The van der Waals surface area contributed by atoms with Gasteiger partial charge in [0.1, 0.15) is 11.7 Å². The molecule has 108 valence electrons. The van der Waals surface area contributed by atoms with Gasteiger partial charge in [-0.2, -0.15) is 0 Å². The van der Waals surface area contributed by atoms with E-state index in [0.29, 0.717) is 12.8 Å². The second-order valence-electron chi connectivity index (χ2n) is 5.42. The molecular formula is C14H16O6. The molecule has 3 atom stereocenters. The fourth-order valence-corrected chi connectivity index (χ4v) is 3.77. The number of ketones is 1. The smallest absolute Gasteiger partial charge is 0.337 e. The summed E-state index contributed by atoms with van der Waals surface area (Å²) < 4.78 is 15.4. The van der Waals surface area contributed by atoms with E-state index in [-0.39, 0.29) is 22.8 Å². The highest BCUT2D eigenvalue weighted by atomic mass is 16.6. The summed E-state index contributed by atoms with van der Waals surface area (Å²) in [4.78, 5) is 36.3. The van der Waals surface area contributed by atoms with Crippen molar-refractivity contribution in [1.29, 1.82) is 0 Å². The van der Waals surface area contributed by atoms with Gasteiger partial charge in [-0.1, -0.05) is 0 Å². The fraction of sp³-hybridized carbons (Fsp3) is 0.643. The molecule has 0 aromatic rings. The van der Waals surface area contributed by atoms with E-state index in [1.54, 1.807) is 0 Å². The lowest BCUT2D eigenvalue weighted by Crippen LogP contribution is -2.46. The fourth-order valence-electron chi connectivity index (χ4n) is 3.77. The van der Waals surface area contributed by atoms with Crippen LogP contribution in [0.3, 0.4) is 0 Å². The van der Waals surface area contributed by atoms with E-state index >= 15 is 0 Å². The van der Waals surface area contributed by atoms with E-state index in [2.05, 4.69) is 0 Å². The molecular weight excluding hydrogens is 264 g/mol. The van der Waals surface area contributed by atoms with Crippen molar-refractivity contribution in [2.75, 3.05) is 14.2 Å². The maximum atomic E-state index is 12.2. The van der Waals surface area contributed by atoms with Crippen LogP contribution in [0.4, 0.5) is 0 Å². The third-order valence-electron chi connectivity index (χ3n) is 4.58. The number of rotatable bonds is 2. The van der Waals surface area contributed by atoms with Crippen molar-refractivity contribution in [2.24, 2.45) is 5.92 Å². The molecule has 0 aromatic carbocycles. The molecule has 2 aliphatic heterocycles. The lowest BCUT2D eigenvalue weighted by Gasteiger charge is -2.36. The van der Waals surface area contributed by atoms with Crippen LogP contribution in [0.5, 0.6) is 0 Å². The largest absolute Gasteiger partial charge is 0.466 e. The van der Waals surface area contributed by atoms with Crippen molar-refractivity contribution >= 4 is 17.7 Å². The maximum absolute atomic E-state index is 12.2. The molecule has 1 saturated carbocycles. The molecule has 6 nitrogen and oxygen atoms in total. The van der Waals surface area contributed by atoms with Crippen molar-refractivity contribution < 1.29 is 28.6 Å². The van der Waals surface area contributed by atoms with Crippen LogP contribution in [-0.4, -0.2) is 43.6 Å². The van der Waals surface area contributed by atoms with E-state index in [9.17, 15) is 14.4 Å². The number of hydrogen-bond acceptors (Lipinski definition) is 6. The number of methoxy groups -OCH3 is 2. The van der Waals surface area contributed by atoms with Crippen LogP contribution in [0, 0.1) is 5.92 Å². The molecule has 3 rings (SSSR count). The molecule has 2 heterocycles. The van der Waals surface area contributed by atoms with Gasteiger partial charge in [-0.25, -0.2) is 9.59 Å². The SMILES string of the molecule is COC(=O)C1=C(C(=O)OC)C23CCCC2CC(=O)C1O3. The highest BCUT2D eigenvalue weighted by Crippen LogP contribution is 2.55. The second-order valence-corrected chi connectivity index (χ2v) is 5.42. The summed E-state index contributed by atoms with van der Waals surface area (Å²) in [6.07, 6.45) is 1.66. The Morgan fingerprint density at radius 3 is 2.60 bits per heavy atom. The first-order valence-electron chi connectivity index (χ1n) is 6.67. The summed E-state index contributed by atoms with van der Waals surface area (Å²) in [5, 5.41) is 0. The second kappa shape index (κ2) is 4.41. The summed E-state index contributed by atoms with van der Waals surface area (Å²) in [5.74, 6) is -1.50. The molecule has 1 aliphatic carbocycles. The number of carbonyl (C=O) groups excluding carboxylic acids is 3. The molecule has 3 aliphatic rings. The van der Waals surface area contributed by atoms with Crippen LogP contribution in [-0.2, 0) is 28.6 Å². The number of hydrogen-bond donors (Lipinski definition) is 0. The summed E-state index contributed by atoms with van der Waals surface area (Å²) in [6.45, 7) is 0. The molecule has 0 aromatic heterocycles. The van der Waals surface area contributed by atoms with E-state index in [1.165, 1.54) is 14.2 Å². The van der Waals surface area contributed by atoms with Crippen LogP contribution in [0.1, 0.15) is 25.7 Å². The summed E-state index contributed by atoms with van der Waals surface area (Å²) >= 11 is 0. The highest BCUT2D eigenvalue weighted by molar-refractivity contribution is 6.09. The van der Waals surface area contributed by atoms with E-state index in [1.807, 2.05) is 0 Å². The van der Waals surface area contributed by atoms with Gasteiger partial charge < -0.3 is 14.2 Å². The molecule has 6 heteroatoms. The minimum absolute atomic E-state index is 0.0359. The number of fused-ring (bicyclic) bond motifs is 1. The van der Waals surface area contributed by atoms with Crippen LogP contribution in [0.25, 0.3) is 0 Å². The van der Waals surface area contributed by atoms with Crippen LogP contribution < -0.4 is 0 Å². The van der Waals surface area contributed by atoms with Gasteiger partial charge in [0.25, 0.3) is 0 Å². The van der Waals surface area contributed by atoms with Gasteiger partial charge in [-0.15, -0.1) is 0 Å². The van der Waals surface area contributed by atoms with Gasteiger partial charge in [0.15, 0.2) is 5.78 Å². The van der Waals surface area contributed by atoms with E-state index in [0.717, 1.165) is 12.8 Å². The molecule has 1 spiro atoms.